The zero-order valence-corrected chi connectivity index (χ0v) is 10.2. The van der Waals surface area contributed by atoms with Gasteiger partial charge in [0.1, 0.15) is 6.42 Å². The zero-order chi connectivity index (χ0) is 13.5. The van der Waals surface area contributed by atoms with E-state index in [1.165, 1.54) is 7.11 Å². The molecule has 0 bridgehead atoms. The lowest BCUT2D eigenvalue weighted by Crippen LogP contribution is -2.11. The summed E-state index contributed by atoms with van der Waals surface area (Å²) in [4.78, 5) is 20.9. The van der Waals surface area contributed by atoms with Gasteiger partial charge in [-0.1, -0.05) is 0 Å². The van der Waals surface area contributed by atoms with Crippen LogP contribution in [0.3, 0.4) is 0 Å². The minimum absolute atomic E-state index is 0.0278. The third-order valence-corrected chi connectivity index (χ3v) is 1.29. The van der Waals surface area contributed by atoms with Crippen molar-refractivity contribution in [3.8, 4) is 0 Å². The average Bonchev–Trinajstić information content (AvgIpc) is 2.30. The molecule has 17 heavy (non-hydrogen) atoms. The molecule has 0 aliphatic heterocycles. The van der Waals surface area contributed by atoms with Crippen LogP contribution in [0.1, 0.15) is 13.3 Å². The van der Waals surface area contributed by atoms with E-state index in [9.17, 15) is 9.59 Å². The molecule has 0 unspecified atom stereocenters. The molecule has 0 heterocycles. The van der Waals surface area contributed by atoms with Crippen LogP contribution in [0.4, 0.5) is 0 Å². The van der Waals surface area contributed by atoms with Crippen LogP contribution < -0.4 is 0 Å². The van der Waals surface area contributed by atoms with E-state index in [0.29, 0.717) is 13.2 Å². The Morgan fingerprint density at radius 3 is 1.94 bits per heavy atom. The molecule has 0 spiro atoms. The fraction of sp³-hybridized carbons (Fsp3) is 0.800. The Hall–Kier alpha value is -1.18. The molecule has 2 N–H and O–H groups in total. The van der Waals surface area contributed by atoms with E-state index in [1.807, 2.05) is 0 Å². The molecule has 0 aromatic heterocycles. The molecule has 0 saturated carbocycles. The van der Waals surface area contributed by atoms with Crippen molar-refractivity contribution in [2.45, 2.75) is 13.3 Å². The van der Waals surface area contributed by atoms with Crippen molar-refractivity contribution in [2.24, 2.45) is 0 Å². The maximum absolute atomic E-state index is 10.5. The molecule has 0 fully saturated rings. The van der Waals surface area contributed by atoms with Gasteiger partial charge in [0.05, 0.1) is 40.1 Å². The first kappa shape index (κ1) is 18.2. The number of esters is 2. The number of aliphatic hydroxyl groups excluding tert-OH is 2. The fourth-order valence-corrected chi connectivity index (χ4v) is 0.633. The van der Waals surface area contributed by atoms with Gasteiger partial charge >= 0.3 is 11.9 Å². The number of hydrogen-bond acceptors (Lipinski definition) is 7. The second-order valence-corrected chi connectivity index (χ2v) is 2.62. The highest BCUT2D eigenvalue weighted by Gasteiger charge is 2.08. The molecule has 7 heteroatoms. The number of rotatable bonds is 7. The van der Waals surface area contributed by atoms with E-state index in [2.05, 4.69) is 14.2 Å². The highest BCUT2D eigenvalue weighted by atomic mass is 16.5. The van der Waals surface area contributed by atoms with Gasteiger partial charge in [-0.25, -0.2) is 0 Å². The van der Waals surface area contributed by atoms with E-state index >= 15 is 0 Å². The number of carbonyl (C=O) groups excluding carboxylic acids is 2. The minimum Gasteiger partial charge on any atom is -0.469 e. The van der Waals surface area contributed by atoms with Crippen LogP contribution in [0.2, 0.25) is 0 Å². The van der Waals surface area contributed by atoms with Crippen molar-refractivity contribution in [1.29, 1.82) is 0 Å². The highest BCUT2D eigenvalue weighted by molar-refractivity contribution is 5.91. The second kappa shape index (κ2) is 14.8. The summed E-state index contributed by atoms with van der Waals surface area (Å²) < 4.78 is 13.3. The van der Waals surface area contributed by atoms with Gasteiger partial charge in [0.15, 0.2) is 0 Å². The highest BCUT2D eigenvalue weighted by Crippen LogP contribution is 1.87. The van der Waals surface area contributed by atoms with Crippen LogP contribution in [0, 0.1) is 0 Å². The van der Waals surface area contributed by atoms with Crippen LogP contribution >= 0.6 is 0 Å². The molecular formula is C10H20O7. The number of carbonyl (C=O) groups is 2. The Morgan fingerprint density at radius 2 is 1.59 bits per heavy atom. The van der Waals surface area contributed by atoms with Crippen molar-refractivity contribution in [1.82, 2.24) is 0 Å². The molecule has 0 aliphatic rings. The quantitative estimate of drug-likeness (QED) is 0.344. The first-order valence-corrected chi connectivity index (χ1v) is 5.14. The molecule has 0 rings (SSSR count). The standard InChI is InChI=1S/C6H10O4.C4H10O3/c1-3-10-6(8)4-5(7)9-2;5-1-3-7-4-2-6/h3-4H2,1-2H3;5-6H,1-4H2. The molecular weight excluding hydrogens is 232 g/mol. The van der Waals surface area contributed by atoms with Gasteiger partial charge < -0.3 is 24.4 Å². The molecule has 0 aromatic rings. The number of ether oxygens (including phenoxy) is 3. The molecule has 0 radical (unpaired) electrons. The van der Waals surface area contributed by atoms with Gasteiger partial charge in [0.2, 0.25) is 0 Å². The summed E-state index contributed by atoms with van der Waals surface area (Å²) in [5.74, 6) is -1.12. The lowest BCUT2D eigenvalue weighted by molar-refractivity contribution is -0.152. The van der Waals surface area contributed by atoms with Gasteiger partial charge in [-0.15, -0.1) is 0 Å². The Morgan fingerprint density at radius 1 is 1.06 bits per heavy atom. The second-order valence-electron chi connectivity index (χ2n) is 2.62. The number of aliphatic hydroxyl groups is 2. The Bertz CT molecular complexity index is 189. The molecule has 0 atom stereocenters. The van der Waals surface area contributed by atoms with Crippen LogP contribution in [0.15, 0.2) is 0 Å². The molecule has 0 saturated heterocycles. The van der Waals surface area contributed by atoms with Gasteiger partial charge in [-0.05, 0) is 6.92 Å². The largest absolute Gasteiger partial charge is 0.469 e. The van der Waals surface area contributed by atoms with E-state index in [4.69, 9.17) is 10.2 Å². The monoisotopic (exact) mass is 252 g/mol. The fourth-order valence-electron chi connectivity index (χ4n) is 0.633. The third kappa shape index (κ3) is 17.4. The minimum atomic E-state index is -0.571. The van der Waals surface area contributed by atoms with Crippen molar-refractivity contribution in [3.05, 3.63) is 0 Å². The van der Waals surface area contributed by atoms with Crippen LogP contribution in [-0.2, 0) is 23.8 Å². The Labute approximate surface area is 100 Å². The first-order valence-electron chi connectivity index (χ1n) is 5.14. The predicted molar refractivity (Wildman–Crippen MR) is 58.3 cm³/mol. The number of hydrogen-bond donors (Lipinski definition) is 2. The maximum Gasteiger partial charge on any atom is 0.317 e. The normalized spacial score (nSPS) is 8.94. The lowest BCUT2D eigenvalue weighted by atomic mass is 10.4. The molecule has 0 aromatic carbocycles. The van der Waals surface area contributed by atoms with Crippen molar-refractivity contribution >= 4 is 11.9 Å². The van der Waals surface area contributed by atoms with Gasteiger partial charge in [0.25, 0.3) is 0 Å². The average molecular weight is 252 g/mol. The van der Waals surface area contributed by atoms with E-state index in [-0.39, 0.29) is 26.2 Å². The van der Waals surface area contributed by atoms with Gasteiger partial charge in [-0.2, -0.15) is 0 Å². The molecule has 7 nitrogen and oxygen atoms in total. The van der Waals surface area contributed by atoms with Gasteiger partial charge in [-0.3, -0.25) is 9.59 Å². The third-order valence-electron chi connectivity index (χ3n) is 1.29. The number of methoxy groups -OCH3 is 1. The smallest absolute Gasteiger partial charge is 0.317 e. The molecule has 0 amide bonds. The summed E-state index contributed by atoms with van der Waals surface area (Å²) >= 11 is 0. The van der Waals surface area contributed by atoms with Crippen LogP contribution in [-0.4, -0.2) is 62.3 Å². The Kier molecular flexibility index (Phi) is 15.9. The van der Waals surface area contributed by atoms with Crippen molar-refractivity contribution < 1.29 is 34.0 Å². The summed E-state index contributed by atoms with van der Waals surface area (Å²) in [6.07, 6.45) is -0.301. The Balaban J connectivity index is 0. The van der Waals surface area contributed by atoms with Gasteiger partial charge in [0, 0.05) is 0 Å². The lowest BCUT2D eigenvalue weighted by Gasteiger charge is -1.98. The molecule has 102 valence electrons. The van der Waals surface area contributed by atoms with E-state index in [1.54, 1.807) is 6.92 Å². The summed E-state index contributed by atoms with van der Waals surface area (Å²) in [6.45, 7) is 2.66. The SMILES string of the molecule is CCOC(=O)CC(=O)OC.OCCOCCO. The summed E-state index contributed by atoms with van der Waals surface area (Å²) in [7, 11) is 1.22. The topological polar surface area (TPSA) is 102 Å². The van der Waals surface area contributed by atoms with Crippen LogP contribution in [0.5, 0.6) is 0 Å². The maximum atomic E-state index is 10.5. The van der Waals surface area contributed by atoms with E-state index < -0.39 is 11.9 Å². The first-order chi connectivity index (χ1) is 8.12. The van der Waals surface area contributed by atoms with Crippen molar-refractivity contribution in [2.75, 3.05) is 40.1 Å². The molecule has 0 aliphatic carbocycles. The van der Waals surface area contributed by atoms with Crippen LogP contribution in [0.25, 0.3) is 0 Å². The van der Waals surface area contributed by atoms with E-state index in [0.717, 1.165) is 0 Å². The summed E-state index contributed by atoms with van der Waals surface area (Å²) in [6, 6.07) is 0. The predicted octanol–water partition coefficient (Wildman–Crippen LogP) is -0.900. The van der Waals surface area contributed by atoms with Crippen molar-refractivity contribution in [3.63, 3.8) is 0 Å². The zero-order valence-electron chi connectivity index (χ0n) is 10.2. The summed E-state index contributed by atoms with van der Waals surface area (Å²) in [5.41, 5.74) is 0. The summed E-state index contributed by atoms with van der Waals surface area (Å²) in [5, 5.41) is 16.2.